The molecule has 1 aromatic heterocycles. The molecule has 0 bridgehead atoms. The summed E-state index contributed by atoms with van der Waals surface area (Å²) in [5.41, 5.74) is 0.429. The quantitative estimate of drug-likeness (QED) is 0.329. The Kier molecular flexibility index (Phi) is 10.4. The van der Waals surface area contributed by atoms with Gasteiger partial charge in [-0.05, 0) is 49.8 Å². The zero-order valence-electron chi connectivity index (χ0n) is 22.6. The smallest absolute Gasteiger partial charge is 0.251 e. The van der Waals surface area contributed by atoms with E-state index in [1.165, 1.54) is 50.3 Å². The molecular formula is C28H39Cl2N5O2S. The molecule has 10 heteroatoms. The molecular weight excluding hydrogens is 541 g/mol. The Morgan fingerprint density at radius 1 is 1.00 bits per heavy atom. The molecule has 1 heterocycles. The van der Waals surface area contributed by atoms with E-state index in [2.05, 4.69) is 20.4 Å². The van der Waals surface area contributed by atoms with E-state index < -0.39 is 0 Å². The van der Waals surface area contributed by atoms with Crippen LogP contribution in [0.2, 0.25) is 10.0 Å². The molecule has 0 spiro atoms. The molecule has 4 rings (SSSR count). The molecule has 1 aromatic carbocycles. The minimum Gasteiger partial charge on any atom is -0.342 e. The van der Waals surface area contributed by atoms with Gasteiger partial charge < -0.3 is 14.8 Å². The average Bonchev–Trinajstić information content (AvgIpc) is 3.28. The number of benzene rings is 1. The van der Waals surface area contributed by atoms with Gasteiger partial charge in [0.1, 0.15) is 0 Å². The first-order chi connectivity index (χ1) is 18.3. The maximum atomic E-state index is 13.6. The van der Waals surface area contributed by atoms with E-state index >= 15 is 0 Å². The third-order valence-corrected chi connectivity index (χ3v) is 9.57. The van der Waals surface area contributed by atoms with Crippen LogP contribution in [0.4, 0.5) is 0 Å². The van der Waals surface area contributed by atoms with Gasteiger partial charge in [0.05, 0.1) is 21.8 Å². The van der Waals surface area contributed by atoms with Crippen LogP contribution in [0.15, 0.2) is 23.4 Å². The van der Waals surface area contributed by atoms with Gasteiger partial charge in [-0.1, -0.05) is 87.3 Å². The fourth-order valence-corrected chi connectivity index (χ4v) is 6.82. The maximum absolute atomic E-state index is 13.6. The summed E-state index contributed by atoms with van der Waals surface area (Å²) in [6, 6.07) is 5.20. The fraction of sp³-hybridized carbons (Fsp3) is 0.643. The van der Waals surface area contributed by atoms with E-state index in [0.717, 1.165) is 25.7 Å². The largest absolute Gasteiger partial charge is 0.342 e. The minimum absolute atomic E-state index is 0.0669. The number of hydrogen-bond acceptors (Lipinski definition) is 5. The van der Waals surface area contributed by atoms with E-state index in [4.69, 9.17) is 23.2 Å². The number of rotatable bonds is 9. The van der Waals surface area contributed by atoms with Crippen molar-refractivity contribution in [1.29, 1.82) is 0 Å². The van der Waals surface area contributed by atoms with Gasteiger partial charge in [0.25, 0.3) is 5.91 Å². The van der Waals surface area contributed by atoms with E-state index in [1.807, 2.05) is 25.5 Å². The van der Waals surface area contributed by atoms with Gasteiger partial charge in [-0.25, -0.2) is 0 Å². The predicted molar refractivity (Wildman–Crippen MR) is 154 cm³/mol. The van der Waals surface area contributed by atoms with Crippen LogP contribution in [-0.4, -0.2) is 49.3 Å². The predicted octanol–water partition coefficient (Wildman–Crippen LogP) is 6.84. The van der Waals surface area contributed by atoms with Crippen molar-refractivity contribution < 1.29 is 9.59 Å². The molecule has 1 N–H and O–H groups in total. The van der Waals surface area contributed by atoms with Crippen LogP contribution in [0.3, 0.4) is 0 Å². The Bertz CT molecular complexity index is 1090. The van der Waals surface area contributed by atoms with Gasteiger partial charge in [0.2, 0.25) is 5.91 Å². The minimum atomic E-state index is -0.361. The SMILES string of the molecule is CC(C)[C@H](NC(=O)c1ccc(Cl)c(Cl)c1)c1nnc(SCC(=O)N(C2CCCCC2)C2CCCCC2)n1C. The number of nitrogens with one attached hydrogen (secondary N) is 1. The molecule has 2 saturated carbocycles. The van der Waals surface area contributed by atoms with Crippen molar-refractivity contribution in [3.05, 3.63) is 39.6 Å². The number of halogens is 2. The van der Waals surface area contributed by atoms with Crippen molar-refractivity contribution in [1.82, 2.24) is 25.0 Å². The van der Waals surface area contributed by atoms with Gasteiger partial charge in [-0.15, -0.1) is 10.2 Å². The Morgan fingerprint density at radius 2 is 1.61 bits per heavy atom. The first-order valence-corrected chi connectivity index (χ1v) is 15.6. The molecule has 1 atom stereocenters. The van der Waals surface area contributed by atoms with Crippen molar-refractivity contribution in [2.75, 3.05) is 5.75 Å². The van der Waals surface area contributed by atoms with Crippen LogP contribution in [0.5, 0.6) is 0 Å². The molecule has 2 fully saturated rings. The van der Waals surface area contributed by atoms with Crippen LogP contribution in [0, 0.1) is 5.92 Å². The number of nitrogens with zero attached hydrogens (tertiary/aromatic N) is 4. The van der Waals surface area contributed by atoms with Crippen LogP contribution in [0.25, 0.3) is 0 Å². The normalized spacial score (nSPS) is 17.9. The van der Waals surface area contributed by atoms with Crippen molar-refractivity contribution in [2.45, 2.75) is 101 Å². The lowest BCUT2D eigenvalue weighted by molar-refractivity contribution is -0.135. The highest BCUT2D eigenvalue weighted by molar-refractivity contribution is 7.99. The summed E-state index contributed by atoms with van der Waals surface area (Å²) in [5, 5.41) is 13.3. The third kappa shape index (κ3) is 7.05. The molecule has 0 radical (unpaired) electrons. The van der Waals surface area contributed by atoms with Crippen molar-refractivity contribution in [3.63, 3.8) is 0 Å². The second-order valence-corrected chi connectivity index (χ2v) is 12.7. The van der Waals surface area contributed by atoms with E-state index in [1.54, 1.807) is 18.2 Å². The van der Waals surface area contributed by atoms with Gasteiger partial charge in [-0.2, -0.15) is 0 Å². The van der Waals surface area contributed by atoms with Gasteiger partial charge in [0, 0.05) is 24.7 Å². The van der Waals surface area contributed by atoms with Gasteiger partial charge >= 0.3 is 0 Å². The number of carbonyl (C=O) groups excluding carboxylic acids is 2. The summed E-state index contributed by atoms with van der Waals surface area (Å²) in [6.45, 7) is 4.05. The third-order valence-electron chi connectivity index (χ3n) is 7.83. The average molecular weight is 581 g/mol. The molecule has 38 heavy (non-hydrogen) atoms. The lowest BCUT2D eigenvalue weighted by atomic mass is 9.88. The van der Waals surface area contributed by atoms with Crippen LogP contribution in [-0.2, 0) is 11.8 Å². The van der Waals surface area contributed by atoms with Gasteiger partial charge in [0.15, 0.2) is 11.0 Å². The summed E-state index contributed by atoms with van der Waals surface area (Å²) in [7, 11) is 1.89. The number of thioether (sulfide) groups is 1. The zero-order chi connectivity index (χ0) is 27.2. The molecule has 0 saturated heterocycles. The van der Waals surface area contributed by atoms with Gasteiger partial charge in [-0.3, -0.25) is 9.59 Å². The Hall–Kier alpha value is -1.77. The molecule has 2 aliphatic rings. The number of aromatic nitrogens is 3. The molecule has 2 aromatic rings. The van der Waals surface area contributed by atoms with Crippen LogP contribution < -0.4 is 5.32 Å². The molecule has 2 amide bonds. The molecule has 0 aliphatic heterocycles. The summed E-state index contributed by atoms with van der Waals surface area (Å²) in [4.78, 5) is 28.8. The van der Waals surface area contributed by atoms with E-state index in [9.17, 15) is 9.59 Å². The van der Waals surface area contributed by atoms with Crippen molar-refractivity contribution in [3.8, 4) is 0 Å². The molecule has 7 nitrogen and oxygen atoms in total. The molecule has 208 valence electrons. The summed E-state index contributed by atoms with van der Waals surface area (Å²) < 4.78 is 1.89. The Morgan fingerprint density at radius 3 is 2.16 bits per heavy atom. The zero-order valence-corrected chi connectivity index (χ0v) is 24.9. The molecule has 2 aliphatic carbocycles. The highest BCUT2D eigenvalue weighted by atomic mass is 35.5. The monoisotopic (exact) mass is 579 g/mol. The second kappa shape index (κ2) is 13.5. The van der Waals surface area contributed by atoms with Crippen molar-refractivity contribution in [2.24, 2.45) is 13.0 Å². The second-order valence-electron chi connectivity index (χ2n) is 10.9. The standard InChI is InChI=1S/C28H39Cl2N5O2S/c1-18(2)25(31-27(37)19-14-15-22(29)23(30)16-19)26-32-33-28(34(26)3)38-17-24(36)35(20-10-6-4-7-11-20)21-12-8-5-9-13-21/h14-16,18,20-21,25H,4-13,17H2,1-3H3,(H,31,37)/t25-/m0/s1. The number of amides is 2. The maximum Gasteiger partial charge on any atom is 0.251 e. The first kappa shape index (κ1) is 29.2. The van der Waals surface area contributed by atoms with E-state index in [0.29, 0.717) is 44.4 Å². The lowest BCUT2D eigenvalue weighted by Gasteiger charge is -2.41. The van der Waals surface area contributed by atoms with Crippen molar-refractivity contribution >= 4 is 46.8 Å². The summed E-state index contributed by atoms with van der Waals surface area (Å²) >= 11 is 13.6. The Balaban J connectivity index is 1.44. The first-order valence-electron chi connectivity index (χ1n) is 13.9. The summed E-state index contributed by atoms with van der Waals surface area (Å²) in [5.74, 6) is 1.02. The highest BCUT2D eigenvalue weighted by Gasteiger charge is 2.33. The number of hydrogen-bond donors (Lipinski definition) is 1. The summed E-state index contributed by atoms with van der Waals surface area (Å²) in [6.07, 6.45) is 11.9. The van der Waals surface area contributed by atoms with E-state index in [-0.39, 0.29) is 23.8 Å². The van der Waals surface area contributed by atoms with Crippen LogP contribution in [0.1, 0.15) is 100 Å². The lowest BCUT2D eigenvalue weighted by Crippen LogP contribution is -2.49. The Labute approximate surface area is 240 Å². The number of carbonyl (C=O) groups is 2. The molecule has 0 unspecified atom stereocenters. The fourth-order valence-electron chi connectivity index (χ4n) is 5.74. The van der Waals surface area contributed by atoms with Crippen LogP contribution >= 0.6 is 35.0 Å². The topological polar surface area (TPSA) is 80.1 Å². The highest BCUT2D eigenvalue weighted by Crippen LogP contribution is 2.32.